The Bertz CT molecular complexity index is 374. The van der Waals surface area contributed by atoms with Crippen LogP contribution in [0.1, 0.15) is 42.2 Å². The first-order valence-electron chi connectivity index (χ1n) is 6.49. The molecule has 0 radical (unpaired) electrons. The predicted octanol–water partition coefficient (Wildman–Crippen LogP) is 1.92. The lowest BCUT2D eigenvalue weighted by Gasteiger charge is -2.15. The molecule has 1 aromatic heterocycles. The second-order valence-electron chi connectivity index (χ2n) is 4.55. The molecule has 0 aliphatic heterocycles. The zero-order chi connectivity index (χ0) is 13.4. The normalized spacial score (nSPS) is 12.2. The minimum Gasteiger partial charge on any atom is -0.396 e. The molecule has 1 heterocycles. The second kappa shape index (κ2) is 7.82. The van der Waals surface area contributed by atoms with Gasteiger partial charge in [0.1, 0.15) is 5.69 Å². The maximum Gasteiger partial charge on any atom is 0.270 e. The largest absolute Gasteiger partial charge is 0.396 e. The molecule has 1 aromatic rings. The molecule has 100 valence electrons. The van der Waals surface area contributed by atoms with Gasteiger partial charge in [0, 0.05) is 19.3 Å². The predicted molar refractivity (Wildman–Crippen MR) is 71.4 cm³/mol. The summed E-state index contributed by atoms with van der Waals surface area (Å²) in [5, 5.41) is 11.9. The van der Waals surface area contributed by atoms with E-state index in [0.717, 1.165) is 24.8 Å². The number of aromatic nitrogens is 1. The molecule has 1 unspecified atom stereocenters. The summed E-state index contributed by atoms with van der Waals surface area (Å²) in [4.78, 5) is 16.0. The van der Waals surface area contributed by atoms with Gasteiger partial charge >= 0.3 is 0 Å². The minimum atomic E-state index is -0.132. The maximum atomic E-state index is 11.9. The lowest BCUT2D eigenvalue weighted by atomic mass is 10.0. The molecule has 0 saturated carbocycles. The van der Waals surface area contributed by atoms with Crippen molar-refractivity contribution in [1.29, 1.82) is 0 Å². The number of hydrogen-bond donors (Lipinski definition) is 2. The summed E-state index contributed by atoms with van der Waals surface area (Å²) in [6.07, 6.45) is 4.43. The summed E-state index contributed by atoms with van der Waals surface area (Å²) in [5.74, 6) is 0.208. The molecule has 0 fully saturated rings. The number of aryl methyl sites for hydroxylation is 1. The number of aliphatic hydroxyl groups is 1. The molecule has 2 N–H and O–H groups in total. The first kappa shape index (κ1) is 14.6. The monoisotopic (exact) mass is 250 g/mol. The fourth-order valence-electron chi connectivity index (χ4n) is 1.98. The third-order valence-corrected chi connectivity index (χ3v) is 3.01. The Morgan fingerprint density at radius 2 is 2.28 bits per heavy atom. The smallest absolute Gasteiger partial charge is 0.270 e. The van der Waals surface area contributed by atoms with E-state index in [-0.39, 0.29) is 12.5 Å². The van der Waals surface area contributed by atoms with Crippen molar-refractivity contribution in [3.8, 4) is 0 Å². The van der Waals surface area contributed by atoms with Crippen molar-refractivity contribution in [3.63, 3.8) is 0 Å². The summed E-state index contributed by atoms with van der Waals surface area (Å²) in [5.41, 5.74) is 1.36. The van der Waals surface area contributed by atoms with Crippen molar-refractivity contribution in [3.05, 3.63) is 29.6 Å². The van der Waals surface area contributed by atoms with Gasteiger partial charge in [-0.1, -0.05) is 19.4 Å². The summed E-state index contributed by atoms with van der Waals surface area (Å²) in [7, 11) is 0. The van der Waals surface area contributed by atoms with Gasteiger partial charge in [-0.05, 0) is 37.3 Å². The van der Waals surface area contributed by atoms with Gasteiger partial charge in [0.2, 0.25) is 0 Å². The molecular formula is C14H22N2O2. The number of hydrogen-bond acceptors (Lipinski definition) is 3. The van der Waals surface area contributed by atoms with E-state index >= 15 is 0 Å². The van der Waals surface area contributed by atoms with Crippen LogP contribution < -0.4 is 5.32 Å². The van der Waals surface area contributed by atoms with Crippen LogP contribution in [0.5, 0.6) is 0 Å². The average Bonchev–Trinajstić information content (AvgIpc) is 2.36. The summed E-state index contributed by atoms with van der Waals surface area (Å²) < 4.78 is 0. The van der Waals surface area contributed by atoms with E-state index in [4.69, 9.17) is 5.11 Å². The van der Waals surface area contributed by atoms with Crippen molar-refractivity contribution in [2.24, 2.45) is 5.92 Å². The van der Waals surface area contributed by atoms with Crippen LogP contribution in [-0.2, 0) is 0 Å². The number of nitrogens with one attached hydrogen (secondary N) is 1. The number of carbonyl (C=O) groups is 1. The summed E-state index contributed by atoms with van der Waals surface area (Å²) in [6, 6.07) is 3.69. The van der Waals surface area contributed by atoms with Gasteiger partial charge in [-0.2, -0.15) is 0 Å². The number of nitrogens with zero attached hydrogens (tertiary/aromatic N) is 1. The first-order chi connectivity index (χ1) is 8.69. The van der Waals surface area contributed by atoms with Crippen LogP contribution in [0.3, 0.4) is 0 Å². The molecule has 4 heteroatoms. The van der Waals surface area contributed by atoms with Crippen molar-refractivity contribution < 1.29 is 9.90 Å². The van der Waals surface area contributed by atoms with Crippen LogP contribution in [0.4, 0.5) is 0 Å². The molecule has 0 aliphatic carbocycles. The first-order valence-corrected chi connectivity index (χ1v) is 6.49. The highest BCUT2D eigenvalue weighted by atomic mass is 16.3. The lowest BCUT2D eigenvalue weighted by Crippen LogP contribution is -2.30. The fourth-order valence-corrected chi connectivity index (χ4v) is 1.98. The number of amides is 1. The Morgan fingerprint density at radius 3 is 2.89 bits per heavy atom. The van der Waals surface area contributed by atoms with E-state index in [0.29, 0.717) is 18.2 Å². The van der Waals surface area contributed by atoms with E-state index in [2.05, 4.69) is 17.2 Å². The Labute approximate surface area is 108 Å². The second-order valence-corrected chi connectivity index (χ2v) is 4.55. The van der Waals surface area contributed by atoms with Crippen molar-refractivity contribution in [2.75, 3.05) is 13.2 Å². The zero-order valence-corrected chi connectivity index (χ0v) is 11.1. The van der Waals surface area contributed by atoms with E-state index in [1.165, 1.54) is 0 Å². The molecule has 1 rings (SSSR count). The van der Waals surface area contributed by atoms with Gasteiger partial charge < -0.3 is 10.4 Å². The number of rotatable bonds is 7. The van der Waals surface area contributed by atoms with Crippen LogP contribution >= 0.6 is 0 Å². The number of carbonyl (C=O) groups excluding carboxylic acids is 1. The number of pyridine rings is 1. The molecule has 0 bridgehead atoms. The van der Waals surface area contributed by atoms with Gasteiger partial charge in [0.05, 0.1) is 0 Å². The highest BCUT2D eigenvalue weighted by Crippen LogP contribution is 2.10. The van der Waals surface area contributed by atoms with Crippen LogP contribution in [0.2, 0.25) is 0 Å². The molecule has 0 aliphatic rings. The van der Waals surface area contributed by atoms with Crippen LogP contribution in [0, 0.1) is 12.8 Å². The molecule has 0 saturated heterocycles. The van der Waals surface area contributed by atoms with Crippen molar-refractivity contribution in [1.82, 2.24) is 10.3 Å². The van der Waals surface area contributed by atoms with Crippen LogP contribution in [-0.4, -0.2) is 29.1 Å². The molecule has 0 spiro atoms. The van der Waals surface area contributed by atoms with E-state index in [9.17, 15) is 4.79 Å². The fraction of sp³-hybridized carbons (Fsp3) is 0.571. The van der Waals surface area contributed by atoms with Gasteiger partial charge in [-0.15, -0.1) is 0 Å². The highest BCUT2D eigenvalue weighted by Gasteiger charge is 2.12. The maximum absolute atomic E-state index is 11.9. The van der Waals surface area contributed by atoms with Gasteiger partial charge in [0.15, 0.2) is 0 Å². The third-order valence-electron chi connectivity index (χ3n) is 3.01. The van der Waals surface area contributed by atoms with Crippen LogP contribution in [0.25, 0.3) is 0 Å². The average molecular weight is 250 g/mol. The molecule has 18 heavy (non-hydrogen) atoms. The van der Waals surface area contributed by atoms with Gasteiger partial charge in [0.25, 0.3) is 5.91 Å². The third kappa shape index (κ3) is 4.45. The quantitative estimate of drug-likeness (QED) is 0.777. The van der Waals surface area contributed by atoms with E-state index < -0.39 is 0 Å². The lowest BCUT2D eigenvalue weighted by molar-refractivity contribution is 0.0937. The zero-order valence-electron chi connectivity index (χ0n) is 11.1. The standard InChI is InChI=1S/C14H22N2O2/c1-3-5-12(7-9-17)10-16-14(18)13-11(2)6-4-8-15-13/h4,6,8,12,17H,3,5,7,9-10H2,1-2H3,(H,16,18). The Morgan fingerprint density at radius 1 is 1.50 bits per heavy atom. The Hall–Kier alpha value is -1.42. The Kier molecular flexibility index (Phi) is 6.36. The molecule has 1 amide bonds. The van der Waals surface area contributed by atoms with Crippen molar-refractivity contribution >= 4 is 5.91 Å². The van der Waals surface area contributed by atoms with Crippen molar-refractivity contribution in [2.45, 2.75) is 33.1 Å². The number of aliphatic hydroxyl groups excluding tert-OH is 1. The highest BCUT2D eigenvalue weighted by molar-refractivity contribution is 5.93. The van der Waals surface area contributed by atoms with Crippen LogP contribution in [0.15, 0.2) is 18.3 Å². The van der Waals surface area contributed by atoms with Gasteiger partial charge in [-0.25, -0.2) is 0 Å². The SMILES string of the molecule is CCCC(CCO)CNC(=O)c1ncccc1C. The molecule has 1 atom stereocenters. The Balaban J connectivity index is 2.52. The van der Waals surface area contributed by atoms with E-state index in [1.54, 1.807) is 6.20 Å². The molecular weight excluding hydrogens is 228 g/mol. The molecule has 4 nitrogen and oxygen atoms in total. The minimum absolute atomic E-state index is 0.132. The molecule has 0 aromatic carbocycles. The van der Waals surface area contributed by atoms with E-state index in [1.807, 2.05) is 19.1 Å². The summed E-state index contributed by atoms with van der Waals surface area (Å²) in [6.45, 7) is 4.75. The van der Waals surface area contributed by atoms with Gasteiger partial charge in [-0.3, -0.25) is 9.78 Å². The topological polar surface area (TPSA) is 62.2 Å². The summed E-state index contributed by atoms with van der Waals surface area (Å²) >= 11 is 0.